The molecule has 14 heavy (non-hydrogen) atoms. The average Bonchev–Trinajstić information content (AvgIpc) is 2.19. The Morgan fingerprint density at radius 2 is 1.79 bits per heavy atom. The van der Waals surface area contributed by atoms with Crippen LogP contribution in [-0.4, -0.2) is 10.7 Å². The number of halogens is 2. The largest absolute Gasteiger partial charge is 0.383 e. The third kappa shape index (κ3) is 1.95. The van der Waals surface area contributed by atoms with Gasteiger partial charge < -0.3 is 5.11 Å². The number of hydrogen-bond acceptors (Lipinski definition) is 1. The van der Waals surface area contributed by atoms with Crippen molar-refractivity contribution in [2.45, 2.75) is 16.9 Å². The van der Waals surface area contributed by atoms with Gasteiger partial charge in [-0.05, 0) is 12.5 Å². The van der Waals surface area contributed by atoms with Gasteiger partial charge in [0.05, 0.1) is 0 Å². The van der Waals surface area contributed by atoms with Crippen LogP contribution in [0.5, 0.6) is 0 Å². The zero-order chi connectivity index (χ0) is 10.8. The zero-order valence-electron chi connectivity index (χ0n) is 7.87. The summed E-state index contributed by atoms with van der Waals surface area (Å²) in [5.41, 5.74) is -0.717. The first-order valence-corrected chi connectivity index (χ1v) is 4.97. The first-order valence-electron chi connectivity index (χ1n) is 4.21. The lowest BCUT2D eigenvalue weighted by atomic mass is 9.95. The lowest BCUT2D eigenvalue weighted by Crippen LogP contribution is -2.39. The van der Waals surface area contributed by atoms with Crippen molar-refractivity contribution in [3.8, 4) is 0 Å². The Morgan fingerprint density at radius 3 is 2.21 bits per heavy atom. The van der Waals surface area contributed by atoms with Gasteiger partial charge in [-0.3, -0.25) is 0 Å². The smallest absolute Gasteiger partial charge is 0.174 e. The Hall–Kier alpha value is -0.500. The highest BCUT2D eigenvalue weighted by Gasteiger charge is 2.43. The average molecular weight is 231 g/mol. The molecular weight excluding hydrogens is 219 g/mol. The van der Waals surface area contributed by atoms with E-state index in [1.54, 1.807) is 12.1 Å². The molecule has 76 valence electrons. The number of benzene rings is 1. The summed E-state index contributed by atoms with van der Waals surface area (Å²) < 4.78 is -1.38. The molecule has 1 rings (SSSR count). The molecule has 0 radical (unpaired) electrons. The second kappa shape index (κ2) is 3.93. The number of aliphatic hydroxyl groups is 1. The van der Waals surface area contributed by atoms with Gasteiger partial charge in [0.15, 0.2) is 4.33 Å². The Kier molecular flexibility index (Phi) is 3.25. The monoisotopic (exact) mass is 230 g/mol. The molecule has 0 saturated heterocycles. The third-order valence-corrected chi connectivity index (χ3v) is 3.37. The lowest BCUT2D eigenvalue weighted by Gasteiger charge is -2.33. The van der Waals surface area contributed by atoms with Crippen molar-refractivity contribution in [1.82, 2.24) is 0 Å². The van der Waals surface area contributed by atoms with Crippen LogP contribution in [0.25, 0.3) is 0 Å². The van der Waals surface area contributed by atoms with Crippen LogP contribution in [0.3, 0.4) is 0 Å². The van der Waals surface area contributed by atoms with E-state index >= 15 is 0 Å². The SMILES string of the molecule is C=CC(C)(O)C(Cl)(Cl)c1ccccc1. The molecule has 3 heteroatoms. The van der Waals surface area contributed by atoms with Crippen LogP contribution in [0.2, 0.25) is 0 Å². The van der Waals surface area contributed by atoms with Crippen LogP contribution in [0.1, 0.15) is 12.5 Å². The van der Waals surface area contributed by atoms with Gasteiger partial charge in [0.1, 0.15) is 5.60 Å². The molecule has 0 aliphatic heterocycles. The fourth-order valence-electron chi connectivity index (χ4n) is 1.07. The summed E-state index contributed by atoms with van der Waals surface area (Å²) in [6, 6.07) is 9.01. The molecule has 0 saturated carbocycles. The Morgan fingerprint density at radius 1 is 1.29 bits per heavy atom. The molecule has 0 aliphatic carbocycles. The van der Waals surface area contributed by atoms with Gasteiger partial charge >= 0.3 is 0 Å². The molecule has 0 bridgehead atoms. The molecule has 1 nitrogen and oxygen atoms in total. The predicted octanol–water partition coefficient (Wildman–Crippen LogP) is 3.25. The predicted molar refractivity (Wildman–Crippen MR) is 60.6 cm³/mol. The van der Waals surface area contributed by atoms with Crippen LogP contribution in [0.4, 0.5) is 0 Å². The van der Waals surface area contributed by atoms with Crippen molar-refractivity contribution in [2.75, 3.05) is 0 Å². The minimum atomic E-state index is -1.38. The summed E-state index contributed by atoms with van der Waals surface area (Å²) in [7, 11) is 0. The number of hydrogen-bond donors (Lipinski definition) is 1. The van der Waals surface area contributed by atoms with E-state index in [4.69, 9.17) is 23.2 Å². The van der Waals surface area contributed by atoms with E-state index in [2.05, 4.69) is 6.58 Å². The van der Waals surface area contributed by atoms with Gasteiger partial charge in [-0.1, -0.05) is 59.6 Å². The third-order valence-electron chi connectivity index (χ3n) is 2.17. The van der Waals surface area contributed by atoms with E-state index in [1.807, 2.05) is 18.2 Å². The summed E-state index contributed by atoms with van der Waals surface area (Å²) in [4.78, 5) is 0. The van der Waals surface area contributed by atoms with Gasteiger partial charge in [-0.15, -0.1) is 6.58 Å². The molecule has 1 atom stereocenters. The van der Waals surface area contributed by atoms with E-state index in [0.29, 0.717) is 5.56 Å². The van der Waals surface area contributed by atoms with Crippen LogP contribution < -0.4 is 0 Å². The van der Waals surface area contributed by atoms with Gasteiger partial charge in [-0.2, -0.15) is 0 Å². The molecule has 0 aliphatic rings. The summed E-state index contributed by atoms with van der Waals surface area (Å²) >= 11 is 12.2. The van der Waals surface area contributed by atoms with Gasteiger partial charge in [-0.25, -0.2) is 0 Å². The Balaban J connectivity index is 3.14. The minimum absolute atomic E-state index is 0.647. The van der Waals surface area contributed by atoms with E-state index < -0.39 is 9.93 Å². The van der Waals surface area contributed by atoms with Crippen molar-refractivity contribution >= 4 is 23.2 Å². The van der Waals surface area contributed by atoms with E-state index in [-0.39, 0.29) is 0 Å². The maximum Gasteiger partial charge on any atom is 0.174 e. The fourth-order valence-corrected chi connectivity index (χ4v) is 1.47. The highest BCUT2D eigenvalue weighted by molar-refractivity contribution is 6.49. The molecular formula is C11H12Cl2O. The summed E-state index contributed by atoms with van der Waals surface area (Å²) in [5, 5.41) is 9.92. The van der Waals surface area contributed by atoms with Crippen molar-refractivity contribution in [3.05, 3.63) is 48.6 Å². The second-order valence-corrected chi connectivity index (χ2v) is 4.62. The van der Waals surface area contributed by atoms with Crippen LogP contribution in [0, 0.1) is 0 Å². The molecule has 1 aromatic carbocycles. The van der Waals surface area contributed by atoms with Crippen molar-refractivity contribution in [2.24, 2.45) is 0 Å². The van der Waals surface area contributed by atoms with Crippen molar-refractivity contribution < 1.29 is 5.11 Å². The topological polar surface area (TPSA) is 20.2 Å². The summed E-state index contributed by atoms with van der Waals surface area (Å²) in [5.74, 6) is 0. The van der Waals surface area contributed by atoms with Gasteiger partial charge in [0, 0.05) is 0 Å². The first-order chi connectivity index (χ1) is 6.42. The standard InChI is InChI=1S/C11H12Cl2O/c1-3-10(2,14)11(12,13)9-7-5-4-6-8-9/h3-8,14H,1H2,2H3. The Bertz CT molecular complexity index is 317. The molecule has 1 N–H and O–H groups in total. The Labute approximate surface area is 94.0 Å². The number of alkyl halides is 2. The quantitative estimate of drug-likeness (QED) is 0.625. The maximum absolute atomic E-state index is 9.92. The van der Waals surface area contributed by atoms with Crippen molar-refractivity contribution in [3.63, 3.8) is 0 Å². The molecule has 0 fully saturated rings. The highest BCUT2D eigenvalue weighted by atomic mass is 35.5. The van der Waals surface area contributed by atoms with Crippen molar-refractivity contribution in [1.29, 1.82) is 0 Å². The second-order valence-electron chi connectivity index (χ2n) is 3.29. The molecule has 1 aromatic rings. The molecule has 0 heterocycles. The normalized spacial score (nSPS) is 16.0. The van der Waals surface area contributed by atoms with Gasteiger partial charge in [0.25, 0.3) is 0 Å². The highest BCUT2D eigenvalue weighted by Crippen LogP contribution is 2.44. The first kappa shape index (κ1) is 11.6. The number of rotatable bonds is 3. The zero-order valence-corrected chi connectivity index (χ0v) is 9.39. The minimum Gasteiger partial charge on any atom is -0.383 e. The lowest BCUT2D eigenvalue weighted by molar-refractivity contribution is 0.0923. The van der Waals surface area contributed by atoms with Crippen LogP contribution in [0.15, 0.2) is 43.0 Å². The van der Waals surface area contributed by atoms with Gasteiger partial charge in [0.2, 0.25) is 0 Å². The van der Waals surface area contributed by atoms with E-state index in [1.165, 1.54) is 13.0 Å². The van der Waals surface area contributed by atoms with E-state index in [0.717, 1.165) is 0 Å². The molecule has 0 aromatic heterocycles. The van der Waals surface area contributed by atoms with Crippen LogP contribution >= 0.6 is 23.2 Å². The summed E-state index contributed by atoms with van der Waals surface area (Å²) in [6.45, 7) is 5.03. The fraction of sp³-hybridized carbons (Fsp3) is 0.273. The summed E-state index contributed by atoms with van der Waals surface area (Å²) in [6.07, 6.45) is 1.33. The molecule has 0 amide bonds. The van der Waals surface area contributed by atoms with E-state index in [9.17, 15) is 5.11 Å². The molecule has 1 unspecified atom stereocenters. The molecule has 0 spiro atoms. The maximum atomic E-state index is 9.92. The van der Waals surface area contributed by atoms with Crippen LogP contribution in [-0.2, 0) is 4.33 Å².